The van der Waals surface area contributed by atoms with E-state index in [4.69, 9.17) is 0 Å². The fraction of sp³-hybridized carbons (Fsp3) is 0.423. The summed E-state index contributed by atoms with van der Waals surface area (Å²) >= 11 is 0. The first kappa shape index (κ1) is 23.1. The molecule has 6 nitrogen and oxygen atoms in total. The molecule has 3 aliphatic rings. The summed E-state index contributed by atoms with van der Waals surface area (Å²) in [5.41, 5.74) is 6.67. The quantitative estimate of drug-likeness (QED) is 0.637. The van der Waals surface area contributed by atoms with E-state index in [-0.39, 0.29) is 11.9 Å². The third kappa shape index (κ3) is 5.03. The van der Waals surface area contributed by atoms with Gasteiger partial charge in [0.1, 0.15) is 5.82 Å². The fourth-order valence-electron chi connectivity index (χ4n) is 5.55. The Labute approximate surface area is 200 Å². The SMILES string of the molecule is O=C(Nc1c2c(cc3c1CCC3)CCC2)NS(=O)(=O)/C=C/[C@@H]1CCCN1Cc1ccc(F)cc1. The van der Waals surface area contributed by atoms with E-state index in [9.17, 15) is 17.6 Å². The summed E-state index contributed by atoms with van der Waals surface area (Å²) in [6.07, 6.45) is 9.40. The number of carbonyl (C=O) groups is 1. The van der Waals surface area contributed by atoms with Crippen molar-refractivity contribution < 1.29 is 17.6 Å². The Bertz CT molecular complexity index is 1190. The summed E-state index contributed by atoms with van der Waals surface area (Å²) in [6.45, 7) is 1.46. The number of hydrogen-bond donors (Lipinski definition) is 2. The fourth-order valence-corrected chi connectivity index (χ4v) is 6.32. The van der Waals surface area contributed by atoms with E-state index in [1.54, 1.807) is 18.2 Å². The second kappa shape index (κ2) is 9.50. The molecule has 180 valence electrons. The van der Waals surface area contributed by atoms with Crippen molar-refractivity contribution in [2.45, 2.75) is 64.0 Å². The average molecular weight is 484 g/mol. The summed E-state index contributed by atoms with van der Waals surface area (Å²) in [5, 5.41) is 3.97. The number of rotatable bonds is 6. The number of fused-ring (bicyclic) bond motifs is 2. The Morgan fingerprint density at radius 1 is 1.03 bits per heavy atom. The highest BCUT2D eigenvalue weighted by Gasteiger charge is 2.26. The predicted octanol–water partition coefficient (Wildman–Crippen LogP) is 4.43. The molecule has 5 rings (SSSR count). The zero-order valence-electron chi connectivity index (χ0n) is 19.1. The third-order valence-electron chi connectivity index (χ3n) is 7.14. The highest BCUT2D eigenvalue weighted by molar-refractivity contribution is 7.92. The van der Waals surface area contributed by atoms with Gasteiger partial charge in [-0.15, -0.1) is 0 Å². The molecule has 8 heteroatoms. The number of urea groups is 1. The Balaban J connectivity index is 1.24. The van der Waals surface area contributed by atoms with Gasteiger partial charge in [-0.25, -0.2) is 22.3 Å². The first-order chi connectivity index (χ1) is 16.4. The van der Waals surface area contributed by atoms with E-state index >= 15 is 0 Å². The smallest absolute Gasteiger partial charge is 0.307 e. The second-order valence-corrected chi connectivity index (χ2v) is 11.0. The zero-order chi connectivity index (χ0) is 23.7. The number of amides is 2. The van der Waals surface area contributed by atoms with Crippen molar-refractivity contribution in [3.8, 4) is 0 Å². The maximum atomic E-state index is 13.2. The molecule has 1 saturated heterocycles. The molecule has 34 heavy (non-hydrogen) atoms. The highest BCUT2D eigenvalue weighted by atomic mass is 32.2. The number of anilines is 1. The molecule has 2 aliphatic carbocycles. The van der Waals surface area contributed by atoms with Crippen LogP contribution in [0.5, 0.6) is 0 Å². The van der Waals surface area contributed by atoms with Crippen LogP contribution in [0.25, 0.3) is 0 Å². The van der Waals surface area contributed by atoms with Crippen LogP contribution in [-0.2, 0) is 42.3 Å². The van der Waals surface area contributed by atoms with Gasteiger partial charge in [0.2, 0.25) is 0 Å². The third-order valence-corrected chi connectivity index (χ3v) is 8.12. The van der Waals surface area contributed by atoms with Crippen LogP contribution in [0, 0.1) is 5.82 Å². The van der Waals surface area contributed by atoms with E-state index in [0.29, 0.717) is 6.54 Å². The van der Waals surface area contributed by atoms with Gasteiger partial charge in [-0.1, -0.05) is 24.3 Å². The minimum absolute atomic E-state index is 0.0506. The Hall–Kier alpha value is -2.71. The van der Waals surface area contributed by atoms with Crippen molar-refractivity contribution in [1.29, 1.82) is 0 Å². The molecular weight excluding hydrogens is 453 g/mol. The lowest BCUT2D eigenvalue weighted by atomic mass is 9.99. The van der Waals surface area contributed by atoms with Gasteiger partial charge < -0.3 is 5.32 Å². The van der Waals surface area contributed by atoms with Crippen molar-refractivity contribution in [1.82, 2.24) is 9.62 Å². The van der Waals surface area contributed by atoms with Crippen LogP contribution >= 0.6 is 0 Å². The summed E-state index contributed by atoms with van der Waals surface area (Å²) < 4.78 is 40.6. The molecule has 0 bridgehead atoms. The molecule has 1 atom stereocenters. The first-order valence-electron chi connectivity index (χ1n) is 12.0. The van der Waals surface area contributed by atoms with Gasteiger partial charge in [-0.2, -0.15) is 0 Å². The first-order valence-corrected chi connectivity index (χ1v) is 13.6. The topological polar surface area (TPSA) is 78.5 Å². The molecule has 1 aliphatic heterocycles. The Morgan fingerprint density at radius 3 is 2.38 bits per heavy atom. The standard InChI is InChI=1S/C26H30FN3O3S/c27-21-11-9-18(10-12-21)17-30-14-3-6-22(30)13-15-34(32,33)29-26(31)28-25-23-7-1-4-19(23)16-20-5-2-8-24(20)25/h9-13,15-16,22H,1-8,14,17H2,(H2,28,29,31)/b15-13+/t22-/m0/s1. The van der Waals surface area contributed by atoms with Crippen LogP contribution in [0.15, 0.2) is 41.8 Å². The van der Waals surface area contributed by atoms with Gasteiger partial charge in [-0.05, 0) is 97.9 Å². The van der Waals surface area contributed by atoms with E-state index in [0.717, 1.165) is 85.7 Å². The van der Waals surface area contributed by atoms with E-state index < -0.39 is 16.1 Å². The van der Waals surface area contributed by atoms with E-state index in [1.807, 2.05) is 0 Å². The molecule has 1 fully saturated rings. The molecular formula is C26H30FN3O3S. The van der Waals surface area contributed by atoms with Crippen molar-refractivity contribution in [2.24, 2.45) is 0 Å². The second-order valence-electron chi connectivity index (χ2n) is 9.47. The van der Waals surface area contributed by atoms with E-state index in [2.05, 4.69) is 21.0 Å². The van der Waals surface area contributed by atoms with Gasteiger partial charge in [0.15, 0.2) is 0 Å². The van der Waals surface area contributed by atoms with Gasteiger partial charge in [0.05, 0.1) is 0 Å². The van der Waals surface area contributed by atoms with Gasteiger partial charge in [0.25, 0.3) is 10.0 Å². The van der Waals surface area contributed by atoms with Gasteiger partial charge in [0, 0.05) is 23.7 Å². The van der Waals surface area contributed by atoms with Crippen LogP contribution in [0.3, 0.4) is 0 Å². The predicted molar refractivity (Wildman–Crippen MR) is 131 cm³/mol. The van der Waals surface area contributed by atoms with Crippen molar-refractivity contribution in [2.75, 3.05) is 11.9 Å². The largest absolute Gasteiger partial charge is 0.333 e. The number of aryl methyl sites for hydroxylation is 2. The number of nitrogens with zero attached hydrogens (tertiary/aromatic N) is 1. The molecule has 0 aromatic heterocycles. The highest BCUT2D eigenvalue weighted by Crippen LogP contribution is 2.38. The van der Waals surface area contributed by atoms with Gasteiger partial charge >= 0.3 is 6.03 Å². The number of likely N-dealkylation sites (tertiary alicyclic amines) is 1. The number of halogens is 1. The Kier molecular flexibility index (Phi) is 6.44. The van der Waals surface area contributed by atoms with Crippen molar-refractivity contribution >= 4 is 21.7 Å². The number of nitrogens with one attached hydrogen (secondary N) is 2. The number of benzene rings is 2. The molecule has 2 amide bonds. The molecule has 0 spiro atoms. The Morgan fingerprint density at radius 2 is 1.71 bits per heavy atom. The molecule has 1 heterocycles. The summed E-state index contributed by atoms with van der Waals surface area (Å²) in [5.74, 6) is -0.275. The minimum atomic E-state index is -3.94. The maximum Gasteiger partial charge on any atom is 0.333 e. The minimum Gasteiger partial charge on any atom is -0.307 e. The van der Waals surface area contributed by atoms with Gasteiger partial charge in [-0.3, -0.25) is 4.90 Å². The molecule has 0 unspecified atom stereocenters. The van der Waals surface area contributed by atoms with Crippen LogP contribution < -0.4 is 10.0 Å². The lowest BCUT2D eigenvalue weighted by molar-refractivity contribution is 0.256. The number of carbonyl (C=O) groups excluding carboxylic acids is 1. The number of hydrogen-bond acceptors (Lipinski definition) is 4. The summed E-state index contributed by atoms with van der Waals surface area (Å²) in [7, 11) is -3.94. The lowest BCUT2D eigenvalue weighted by Crippen LogP contribution is -2.34. The van der Waals surface area contributed by atoms with Crippen LogP contribution in [-0.4, -0.2) is 31.9 Å². The zero-order valence-corrected chi connectivity index (χ0v) is 20.0. The molecule has 2 aromatic carbocycles. The summed E-state index contributed by atoms with van der Waals surface area (Å²) in [6, 6.07) is 7.86. The molecule has 0 radical (unpaired) electrons. The summed E-state index contributed by atoms with van der Waals surface area (Å²) in [4.78, 5) is 14.8. The molecule has 0 saturated carbocycles. The van der Waals surface area contributed by atoms with Crippen LogP contribution in [0.1, 0.15) is 53.5 Å². The molecule has 2 N–H and O–H groups in total. The lowest BCUT2D eigenvalue weighted by Gasteiger charge is -2.21. The number of sulfonamides is 1. The van der Waals surface area contributed by atoms with Crippen molar-refractivity contribution in [3.63, 3.8) is 0 Å². The van der Waals surface area contributed by atoms with Crippen LogP contribution in [0.2, 0.25) is 0 Å². The monoisotopic (exact) mass is 483 g/mol. The molecule has 2 aromatic rings. The normalized spacial score (nSPS) is 20.0. The van der Waals surface area contributed by atoms with E-state index in [1.165, 1.54) is 23.3 Å². The maximum absolute atomic E-state index is 13.2. The van der Waals surface area contributed by atoms with Crippen LogP contribution in [0.4, 0.5) is 14.9 Å². The van der Waals surface area contributed by atoms with Crippen molar-refractivity contribution in [3.05, 3.63) is 75.5 Å². The average Bonchev–Trinajstić information content (AvgIpc) is 3.54.